The molecule has 5 aliphatic carbocycles. The van der Waals surface area contributed by atoms with Crippen molar-refractivity contribution in [3.63, 3.8) is 0 Å². The number of hydrogen-bond donors (Lipinski definition) is 0. The lowest BCUT2D eigenvalue weighted by atomic mass is 9.70. The van der Waals surface area contributed by atoms with E-state index in [4.69, 9.17) is 0 Å². The fourth-order valence-electron chi connectivity index (χ4n) is 22.4. The SMILES string of the molecule is C=Cc1cccc(-c2ccc3c(c2)C2(c4ccccc4-3)c3ccccc3-c3ccc(-c4cccc(N(c5ccc(-c6ccccc6)cc5)c5ccc(-c6ccccc6)cc5)c4)cc32)c1.C=Cc1cccc(-c2ccc3c(c2)C2(c4ccccc4-3)c3ccccc3-c3ccc(-c4ccccc4N(c4ccc(-c5ccccc5)cc4)c4ccc5c(c4)C(C)(C)c4ccccc4-5)cc32)c1. The number of hydrogen-bond acceptors (Lipinski definition) is 2. The Morgan fingerprint density at radius 1 is 0.168 bits per heavy atom. The van der Waals surface area contributed by atoms with Gasteiger partial charge in [0.2, 0.25) is 0 Å². The smallest absolute Gasteiger partial charge is 0.0725 e. The van der Waals surface area contributed by atoms with Crippen LogP contribution in [0.15, 0.2) is 486 Å². The first-order valence-corrected chi connectivity index (χ1v) is 45.6. The molecule has 2 unspecified atom stereocenters. The number of nitrogens with zero attached hydrogens (tertiary/aromatic N) is 2. The first kappa shape index (κ1) is 78.0. The third kappa shape index (κ3) is 12.6. The monoisotopic (exact) mass is 1670 g/mol. The lowest BCUT2D eigenvalue weighted by Crippen LogP contribution is -2.26. The Labute approximate surface area is 767 Å². The highest BCUT2D eigenvalue weighted by Crippen LogP contribution is 2.66. The molecule has 0 saturated heterocycles. The maximum Gasteiger partial charge on any atom is 0.0725 e. The van der Waals surface area contributed by atoms with Gasteiger partial charge in [0.25, 0.3) is 0 Å². The normalized spacial score (nSPS) is 14.7. The summed E-state index contributed by atoms with van der Waals surface area (Å²) in [5.74, 6) is 0. The van der Waals surface area contributed by atoms with E-state index in [1.807, 2.05) is 12.2 Å². The molecule has 2 spiro atoms. The number of benzene rings is 20. The zero-order chi connectivity index (χ0) is 87.5. The van der Waals surface area contributed by atoms with Crippen molar-refractivity contribution in [2.75, 3.05) is 9.80 Å². The van der Waals surface area contributed by atoms with Crippen LogP contribution in [0.4, 0.5) is 34.1 Å². The van der Waals surface area contributed by atoms with Crippen LogP contribution in [-0.2, 0) is 16.2 Å². The molecule has 0 radical (unpaired) electrons. The first-order valence-electron chi connectivity index (χ1n) is 45.6. The van der Waals surface area contributed by atoms with Crippen LogP contribution in [0, 0.1) is 0 Å². The number of para-hydroxylation sites is 1. The predicted octanol–water partition coefficient (Wildman–Crippen LogP) is 34.3. The van der Waals surface area contributed by atoms with E-state index in [2.05, 4.69) is 510 Å². The molecule has 20 aromatic carbocycles. The maximum absolute atomic E-state index is 4.08. The minimum absolute atomic E-state index is 0.143. The van der Waals surface area contributed by atoms with E-state index >= 15 is 0 Å². The van der Waals surface area contributed by atoms with Gasteiger partial charge >= 0.3 is 0 Å². The van der Waals surface area contributed by atoms with Gasteiger partial charge in [-0.25, -0.2) is 0 Å². The Bertz CT molecular complexity index is 7840. The van der Waals surface area contributed by atoms with Crippen molar-refractivity contribution in [2.24, 2.45) is 0 Å². The summed E-state index contributed by atoms with van der Waals surface area (Å²) in [4.78, 5) is 4.86. The molecule has 5 aliphatic rings. The highest BCUT2D eigenvalue weighted by Gasteiger charge is 2.54. The Morgan fingerprint density at radius 3 is 0.832 bits per heavy atom. The molecule has 0 amide bonds. The van der Waals surface area contributed by atoms with Gasteiger partial charge < -0.3 is 9.80 Å². The summed E-state index contributed by atoms with van der Waals surface area (Å²) in [5, 5.41) is 0. The van der Waals surface area contributed by atoms with Crippen molar-refractivity contribution in [3.05, 3.63) is 553 Å². The molecule has 2 heteroatoms. The average molecular weight is 1670 g/mol. The summed E-state index contributed by atoms with van der Waals surface area (Å²) in [6, 6.07) is 175. The molecular weight excluding hydrogens is 1580 g/mol. The Hall–Kier alpha value is -16.5. The molecule has 0 aromatic heterocycles. The van der Waals surface area contributed by atoms with E-state index in [0.29, 0.717) is 0 Å². The van der Waals surface area contributed by atoms with Crippen LogP contribution in [0.2, 0.25) is 0 Å². The average Bonchev–Trinajstić information content (AvgIpc) is 1.51. The van der Waals surface area contributed by atoms with Crippen molar-refractivity contribution in [2.45, 2.75) is 30.1 Å². The van der Waals surface area contributed by atoms with E-state index in [1.165, 1.54) is 189 Å². The van der Waals surface area contributed by atoms with Crippen molar-refractivity contribution in [3.8, 4) is 134 Å². The zero-order valence-corrected chi connectivity index (χ0v) is 73.0. The second-order valence-corrected chi connectivity index (χ2v) is 35.8. The highest BCUT2D eigenvalue weighted by atomic mass is 15.1. The van der Waals surface area contributed by atoms with Crippen LogP contribution in [0.25, 0.3) is 146 Å². The van der Waals surface area contributed by atoms with Gasteiger partial charge in [-0.1, -0.05) is 409 Å². The molecule has 2 atom stereocenters. The van der Waals surface area contributed by atoms with Gasteiger partial charge in [0, 0.05) is 39.4 Å². The maximum atomic E-state index is 4.08. The van der Waals surface area contributed by atoms with E-state index in [1.54, 1.807) is 0 Å². The quantitative estimate of drug-likeness (QED) is 0.101. The van der Waals surface area contributed by atoms with Crippen molar-refractivity contribution < 1.29 is 0 Å². The molecule has 131 heavy (non-hydrogen) atoms. The van der Waals surface area contributed by atoms with E-state index < -0.39 is 10.8 Å². The third-order valence-electron chi connectivity index (χ3n) is 28.5. The molecule has 25 rings (SSSR count). The lowest BCUT2D eigenvalue weighted by Gasteiger charge is -2.32. The second-order valence-electron chi connectivity index (χ2n) is 35.8. The molecule has 0 fully saturated rings. The van der Waals surface area contributed by atoms with Gasteiger partial charge in [0.1, 0.15) is 0 Å². The molecule has 0 N–H and O–H groups in total. The molecule has 20 aromatic rings. The number of rotatable bonds is 15. The van der Waals surface area contributed by atoms with Crippen LogP contribution in [0.5, 0.6) is 0 Å². The van der Waals surface area contributed by atoms with Crippen molar-refractivity contribution in [1.29, 1.82) is 0 Å². The molecule has 616 valence electrons. The molecule has 0 saturated carbocycles. The summed E-state index contributed by atoms with van der Waals surface area (Å²) in [7, 11) is 0. The van der Waals surface area contributed by atoms with Gasteiger partial charge in [-0.2, -0.15) is 0 Å². The van der Waals surface area contributed by atoms with E-state index in [9.17, 15) is 0 Å². The van der Waals surface area contributed by atoms with Crippen LogP contribution in [0.1, 0.15) is 80.6 Å². The lowest BCUT2D eigenvalue weighted by molar-refractivity contribution is 0.660. The molecular formula is C129H90N2. The predicted molar refractivity (Wildman–Crippen MR) is 551 cm³/mol. The fraction of sp³-hybridized carbons (Fsp3) is 0.0388. The summed E-state index contributed by atoms with van der Waals surface area (Å²) in [5.41, 5.74) is 50.8. The second kappa shape index (κ2) is 31.5. The Morgan fingerprint density at radius 2 is 0.427 bits per heavy atom. The van der Waals surface area contributed by atoms with E-state index in [0.717, 1.165) is 45.3 Å². The summed E-state index contributed by atoms with van der Waals surface area (Å²) in [6.45, 7) is 12.9. The van der Waals surface area contributed by atoms with Crippen molar-refractivity contribution >= 4 is 46.3 Å². The minimum atomic E-state index is -0.512. The fourth-order valence-corrected chi connectivity index (χ4v) is 22.4. The van der Waals surface area contributed by atoms with Crippen LogP contribution in [0.3, 0.4) is 0 Å². The Balaban J connectivity index is 0.000000145. The largest absolute Gasteiger partial charge is 0.310 e. The topological polar surface area (TPSA) is 6.48 Å². The molecule has 0 aliphatic heterocycles. The Kier molecular flexibility index (Phi) is 18.8. The van der Waals surface area contributed by atoms with Crippen LogP contribution >= 0.6 is 0 Å². The van der Waals surface area contributed by atoms with Gasteiger partial charge in [-0.3, -0.25) is 0 Å². The zero-order valence-electron chi connectivity index (χ0n) is 73.0. The summed E-state index contributed by atoms with van der Waals surface area (Å²) in [6.07, 6.45) is 3.86. The van der Waals surface area contributed by atoms with Crippen LogP contribution in [-0.4, -0.2) is 0 Å². The van der Waals surface area contributed by atoms with Gasteiger partial charge in [0.05, 0.1) is 16.5 Å². The third-order valence-corrected chi connectivity index (χ3v) is 28.5. The summed E-state index contributed by atoms with van der Waals surface area (Å²) >= 11 is 0. The molecule has 0 bridgehead atoms. The van der Waals surface area contributed by atoms with Crippen molar-refractivity contribution in [1.82, 2.24) is 0 Å². The molecule has 2 nitrogen and oxygen atoms in total. The first-order chi connectivity index (χ1) is 64.6. The van der Waals surface area contributed by atoms with Gasteiger partial charge in [-0.15, -0.1) is 0 Å². The van der Waals surface area contributed by atoms with Gasteiger partial charge in [0.15, 0.2) is 0 Å². The molecule has 0 heterocycles. The highest BCUT2D eigenvalue weighted by molar-refractivity contribution is 6.01. The summed E-state index contributed by atoms with van der Waals surface area (Å²) < 4.78 is 0. The standard InChI is InChI=1S/C66H47N.C63H43N/c1-4-43-17-16-20-46(39-43)47-31-36-56-53-23-9-13-26-59(53)66(62(56)40-47)60-27-14-10-24-54(60)57-37-32-48(41-63(57)66)51-21-11-15-28-64(51)67(49-33-29-45(30-34-49)44-18-6-5-7-19-44)50-35-38-55-52-22-8-12-25-58(52)65(2,3)61(55)42-50;1-2-43-15-13-20-48(39-43)50-31-37-57-55-23-9-11-25-59(55)63(61(57)41-50)60-26-12-10-24-56(60)58-38-32-51(42-62(58)63)49-21-14-22-54(40-49)64(52-33-27-46(28-34-52)44-16-5-3-6-17-44)53-35-29-47(30-36-53)45-18-7-4-8-19-45/h4-42H,1H2,2-3H3;2-42H,1H2. The number of anilines is 6. The van der Waals surface area contributed by atoms with Crippen LogP contribution < -0.4 is 9.80 Å². The van der Waals surface area contributed by atoms with E-state index in [-0.39, 0.29) is 5.41 Å². The number of fused-ring (bicyclic) bond motifs is 23. The minimum Gasteiger partial charge on any atom is -0.310 e. The van der Waals surface area contributed by atoms with Gasteiger partial charge in [-0.05, 0) is 298 Å².